The van der Waals surface area contributed by atoms with E-state index in [0.717, 1.165) is 22.5 Å². The SMILES string of the molecule is CC/C(=C/c1ccc(Cl)c(Br)c1)CNC(C)C. The number of hydrogen-bond acceptors (Lipinski definition) is 1. The Kier molecular flexibility index (Phi) is 6.24. The highest BCUT2D eigenvalue weighted by Crippen LogP contribution is 2.24. The molecular formula is C14H19BrClN. The minimum atomic E-state index is 0.516. The smallest absolute Gasteiger partial charge is 0.0548 e. The van der Waals surface area contributed by atoms with Gasteiger partial charge in [-0.2, -0.15) is 0 Å². The summed E-state index contributed by atoms with van der Waals surface area (Å²) in [6.07, 6.45) is 3.27. The molecule has 0 aliphatic rings. The van der Waals surface area contributed by atoms with Gasteiger partial charge in [0.1, 0.15) is 0 Å². The van der Waals surface area contributed by atoms with Crippen molar-refractivity contribution in [3.8, 4) is 0 Å². The molecule has 0 heterocycles. The molecule has 1 aromatic carbocycles. The molecule has 0 unspecified atom stereocenters. The minimum Gasteiger partial charge on any atom is -0.311 e. The van der Waals surface area contributed by atoms with Gasteiger partial charge in [0.15, 0.2) is 0 Å². The zero-order chi connectivity index (χ0) is 12.8. The molecule has 0 fully saturated rings. The van der Waals surface area contributed by atoms with Gasteiger partial charge >= 0.3 is 0 Å². The normalized spacial score (nSPS) is 12.2. The van der Waals surface area contributed by atoms with E-state index in [-0.39, 0.29) is 0 Å². The first-order chi connectivity index (χ1) is 8.02. The van der Waals surface area contributed by atoms with Crippen LogP contribution in [0.3, 0.4) is 0 Å². The van der Waals surface area contributed by atoms with Gasteiger partial charge in [-0.25, -0.2) is 0 Å². The lowest BCUT2D eigenvalue weighted by Gasteiger charge is -2.10. The fourth-order valence-electron chi connectivity index (χ4n) is 1.45. The molecule has 17 heavy (non-hydrogen) atoms. The van der Waals surface area contributed by atoms with Crippen LogP contribution in [0.1, 0.15) is 32.8 Å². The van der Waals surface area contributed by atoms with Gasteiger partial charge in [-0.1, -0.05) is 50.1 Å². The molecule has 1 nitrogen and oxygen atoms in total. The van der Waals surface area contributed by atoms with E-state index in [1.165, 1.54) is 11.1 Å². The van der Waals surface area contributed by atoms with E-state index in [1.54, 1.807) is 0 Å². The van der Waals surface area contributed by atoms with E-state index in [9.17, 15) is 0 Å². The molecule has 3 heteroatoms. The summed E-state index contributed by atoms with van der Waals surface area (Å²) >= 11 is 9.42. The maximum absolute atomic E-state index is 5.97. The Morgan fingerprint density at radius 2 is 2.18 bits per heavy atom. The maximum Gasteiger partial charge on any atom is 0.0548 e. The summed E-state index contributed by atoms with van der Waals surface area (Å²) in [4.78, 5) is 0. The van der Waals surface area contributed by atoms with Crippen LogP contribution in [0.25, 0.3) is 6.08 Å². The molecule has 0 saturated carbocycles. The Balaban J connectivity index is 2.79. The summed E-state index contributed by atoms with van der Waals surface area (Å²) in [7, 11) is 0. The highest BCUT2D eigenvalue weighted by Gasteiger charge is 2.00. The Morgan fingerprint density at radius 1 is 1.47 bits per heavy atom. The summed E-state index contributed by atoms with van der Waals surface area (Å²) < 4.78 is 0.945. The van der Waals surface area contributed by atoms with Crippen molar-refractivity contribution in [2.45, 2.75) is 33.2 Å². The van der Waals surface area contributed by atoms with Gasteiger partial charge in [0, 0.05) is 17.1 Å². The molecule has 0 atom stereocenters. The Labute approximate surface area is 117 Å². The van der Waals surface area contributed by atoms with Crippen molar-refractivity contribution >= 4 is 33.6 Å². The highest BCUT2D eigenvalue weighted by molar-refractivity contribution is 9.10. The molecule has 1 rings (SSSR count). The standard InChI is InChI=1S/C14H19BrClN/c1-4-11(9-17-10(2)3)7-12-5-6-14(16)13(15)8-12/h5-8,10,17H,4,9H2,1-3H3/b11-7-. The third-order valence-corrected chi connectivity index (χ3v) is 3.72. The van der Waals surface area contributed by atoms with E-state index in [4.69, 9.17) is 11.6 Å². The third-order valence-electron chi connectivity index (χ3n) is 2.51. The predicted octanol–water partition coefficient (Wildman–Crippen LogP) is 4.89. The molecule has 0 saturated heterocycles. The van der Waals surface area contributed by atoms with E-state index in [1.807, 2.05) is 18.2 Å². The third kappa shape index (κ3) is 5.24. The zero-order valence-electron chi connectivity index (χ0n) is 10.6. The van der Waals surface area contributed by atoms with Crippen molar-refractivity contribution in [1.82, 2.24) is 5.32 Å². The number of rotatable bonds is 5. The second kappa shape index (κ2) is 7.20. The van der Waals surface area contributed by atoms with Gasteiger partial charge in [0.25, 0.3) is 0 Å². The Morgan fingerprint density at radius 3 is 2.71 bits per heavy atom. The summed E-state index contributed by atoms with van der Waals surface area (Å²) in [5.74, 6) is 0. The molecule has 0 bridgehead atoms. The number of halogens is 2. The van der Waals surface area contributed by atoms with Crippen LogP contribution in [0.2, 0.25) is 5.02 Å². The molecule has 0 aliphatic heterocycles. The van der Waals surface area contributed by atoms with E-state index in [2.05, 4.69) is 48.1 Å². The molecule has 0 aliphatic carbocycles. The second-order valence-electron chi connectivity index (χ2n) is 4.37. The highest BCUT2D eigenvalue weighted by atomic mass is 79.9. The van der Waals surface area contributed by atoms with Crippen molar-refractivity contribution in [3.05, 3.63) is 38.8 Å². The molecule has 0 radical (unpaired) electrons. The first-order valence-electron chi connectivity index (χ1n) is 5.90. The summed E-state index contributed by atoms with van der Waals surface area (Å²) in [5, 5.41) is 4.19. The summed E-state index contributed by atoms with van der Waals surface area (Å²) in [6, 6.07) is 6.52. The van der Waals surface area contributed by atoms with Crippen molar-refractivity contribution in [3.63, 3.8) is 0 Å². The lowest BCUT2D eigenvalue weighted by molar-refractivity contribution is 0.617. The van der Waals surface area contributed by atoms with Crippen molar-refractivity contribution in [2.24, 2.45) is 0 Å². The van der Waals surface area contributed by atoms with Gasteiger partial charge in [-0.15, -0.1) is 0 Å². The number of nitrogens with one attached hydrogen (secondary N) is 1. The van der Waals surface area contributed by atoms with Crippen LogP contribution in [0.15, 0.2) is 28.2 Å². The minimum absolute atomic E-state index is 0.516. The Bertz CT molecular complexity index is 399. The van der Waals surface area contributed by atoms with Gasteiger partial charge in [0.05, 0.1) is 5.02 Å². The summed E-state index contributed by atoms with van der Waals surface area (Å²) in [5.41, 5.74) is 2.58. The Hall–Kier alpha value is -0.310. The van der Waals surface area contributed by atoms with Crippen molar-refractivity contribution in [1.29, 1.82) is 0 Å². The molecule has 94 valence electrons. The topological polar surface area (TPSA) is 12.0 Å². The maximum atomic E-state index is 5.97. The van der Waals surface area contributed by atoms with Gasteiger partial charge in [-0.05, 0) is 40.0 Å². The molecule has 0 spiro atoms. The average Bonchev–Trinajstić information content (AvgIpc) is 2.28. The van der Waals surface area contributed by atoms with E-state index in [0.29, 0.717) is 6.04 Å². The first kappa shape index (κ1) is 14.7. The molecule has 0 amide bonds. The lowest BCUT2D eigenvalue weighted by atomic mass is 10.1. The van der Waals surface area contributed by atoms with Crippen molar-refractivity contribution < 1.29 is 0 Å². The largest absolute Gasteiger partial charge is 0.311 e. The van der Waals surface area contributed by atoms with Gasteiger partial charge in [-0.3, -0.25) is 0 Å². The fraction of sp³-hybridized carbons (Fsp3) is 0.429. The van der Waals surface area contributed by atoms with Gasteiger partial charge in [0.2, 0.25) is 0 Å². The second-order valence-corrected chi connectivity index (χ2v) is 5.63. The predicted molar refractivity (Wildman–Crippen MR) is 80.6 cm³/mol. The van der Waals surface area contributed by atoms with Crippen LogP contribution in [-0.4, -0.2) is 12.6 Å². The molecule has 1 aromatic rings. The molecular weight excluding hydrogens is 298 g/mol. The van der Waals surface area contributed by atoms with Crippen LogP contribution in [-0.2, 0) is 0 Å². The first-order valence-corrected chi connectivity index (χ1v) is 7.08. The number of benzene rings is 1. The zero-order valence-corrected chi connectivity index (χ0v) is 12.9. The number of hydrogen-bond donors (Lipinski definition) is 1. The molecule has 0 aromatic heterocycles. The summed E-state index contributed by atoms with van der Waals surface area (Å²) in [6.45, 7) is 7.44. The van der Waals surface area contributed by atoms with Crippen LogP contribution < -0.4 is 5.32 Å². The average molecular weight is 317 g/mol. The lowest BCUT2D eigenvalue weighted by Crippen LogP contribution is -2.24. The van der Waals surface area contributed by atoms with Crippen LogP contribution in [0.4, 0.5) is 0 Å². The fourth-order valence-corrected chi connectivity index (χ4v) is 1.97. The molecule has 1 N–H and O–H groups in total. The van der Waals surface area contributed by atoms with Crippen LogP contribution in [0, 0.1) is 0 Å². The van der Waals surface area contributed by atoms with Crippen LogP contribution >= 0.6 is 27.5 Å². The van der Waals surface area contributed by atoms with E-state index >= 15 is 0 Å². The van der Waals surface area contributed by atoms with Crippen molar-refractivity contribution in [2.75, 3.05) is 6.54 Å². The quantitative estimate of drug-likeness (QED) is 0.815. The van der Waals surface area contributed by atoms with Gasteiger partial charge < -0.3 is 5.32 Å². The van der Waals surface area contributed by atoms with Crippen LogP contribution in [0.5, 0.6) is 0 Å². The monoisotopic (exact) mass is 315 g/mol. The van der Waals surface area contributed by atoms with E-state index < -0.39 is 0 Å².